The number of ether oxygens (including phenoxy) is 1. The molecule has 0 aliphatic carbocycles. The van der Waals surface area contributed by atoms with Crippen molar-refractivity contribution in [3.05, 3.63) is 150 Å². The molecule has 5 aromatic rings. The van der Waals surface area contributed by atoms with E-state index in [1.54, 1.807) is 31.2 Å². The predicted molar refractivity (Wildman–Crippen MR) is 169 cm³/mol. The number of rotatable bonds is 9. The van der Waals surface area contributed by atoms with Gasteiger partial charge in [0.05, 0.1) is 5.56 Å². The maximum Gasteiger partial charge on any atom is 0.426 e. The topological polar surface area (TPSA) is 9.23 Å². The molecule has 0 saturated carbocycles. The zero-order chi connectivity index (χ0) is 31.1. The van der Waals surface area contributed by atoms with Crippen LogP contribution in [0.25, 0.3) is 33.4 Å². The van der Waals surface area contributed by atoms with Gasteiger partial charge in [-0.3, -0.25) is 0 Å². The van der Waals surface area contributed by atoms with Gasteiger partial charge < -0.3 is 4.74 Å². The normalized spacial score (nSPS) is 11.3. The van der Waals surface area contributed by atoms with Crippen LogP contribution in [0.3, 0.4) is 0 Å². The van der Waals surface area contributed by atoms with Gasteiger partial charge in [0, 0.05) is 16.7 Å². The Labute approximate surface area is 255 Å². The fraction of sp³-hybridized carbons (Fsp3) is 0.128. The average Bonchev–Trinajstić information content (AvgIpc) is 3.02. The molecule has 0 aromatic heterocycles. The van der Waals surface area contributed by atoms with Gasteiger partial charge in [0.25, 0.3) is 0 Å². The molecular weight excluding hydrogens is 560 g/mol. The third-order valence-corrected chi connectivity index (χ3v) is 7.27. The van der Waals surface area contributed by atoms with Crippen molar-refractivity contribution < 1.29 is 22.3 Å². The minimum absolute atomic E-state index is 0.00352. The first-order valence-electron chi connectivity index (χ1n) is 14.3. The SMILES string of the molecule is CC#Cc1ccc(OC(F)(F)c2ccc(-c3ccc(-c4ccc(-c5ccc(CCC=CC)cc5)cc4F)cc3F)cc2)cc1. The van der Waals surface area contributed by atoms with Gasteiger partial charge in [-0.15, -0.1) is 5.92 Å². The van der Waals surface area contributed by atoms with Crippen LogP contribution in [-0.2, 0) is 12.5 Å². The molecule has 0 heterocycles. The molecule has 220 valence electrons. The number of aryl methyl sites for hydroxylation is 1. The molecule has 0 bridgehead atoms. The van der Waals surface area contributed by atoms with Crippen LogP contribution in [0.4, 0.5) is 17.6 Å². The molecule has 0 N–H and O–H groups in total. The van der Waals surface area contributed by atoms with Crippen LogP contribution >= 0.6 is 0 Å². The van der Waals surface area contributed by atoms with Crippen molar-refractivity contribution in [3.63, 3.8) is 0 Å². The van der Waals surface area contributed by atoms with Gasteiger partial charge in [0.2, 0.25) is 0 Å². The molecular formula is C39H30F4O. The Hall–Kier alpha value is -5.08. The lowest BCUT2D eigenvalue weighted by Gasteiger charge is -2.18. The van der Waals surface area contributed by atoms with Crippen molar-refractivity contribution >= 4 is 0 Å². The Bertz CT molecular complexity index is 1830. The molecule has 0 unspecified atom stereocenters. The molecule has 5 rings (SSSR count). The molecule has 44 heavy (non-hydrogen) atoms. The fourth-order valence-corrected chi connectivity index (χ4v) is 4.93. The lowest BCUT2D eigenvalue weighted by molar-refractivity contribution is -0.185. The third kappa shape index (κ3) is 7.10. The Morgan fingerprint density at radius 1 is 0.682 bits per heavy atom. The first-order chi connectivity index (χ1) is 21.3. The van der Waals surface area contributed by atoms with E-state index < -0.39 is 17.7 Å². The van der Waals surface area contributed by atoms with E-state index in [0.717, 1.165) is 24.0 Å². The average molecular weight is 591 g/mol. The minimum Gasteiger partial charge on any atom is -0.429 e. The van der Waals surface area contributed by atoms with Gasteiger partial charge in [0.15, 0.2) is 0 Å². The highest BCUT2D eigenvalue weighted by Gasteiger charge is 2.34. The highest BCUT2D eigenvalue weighted by atomic mass is 19.3. The molecule has 0 atom stereocenters. The molecule has 0 radical (unpaired) electrons. The van der Waals surface area contributed by atoms with E-state index in [4.69, 9.17) is 4.74 Å². The van der Waals surface area contributed by atoms with Crippen molar-refractivity contribution in [1.29, 1.82) is 0 Å². The Balaban J connectivity index is 1.30. The lowest BCUT2D eigenvalue weighted by atomic mass is 9.96. The van der Waals surface area contributed by atoms with Crippen LogP contribution in [-0.4, -0.2) is 0 Å². The van der Waals surface area contributed by atoms with Gasteiger partial charge in [-0.05, 0) is 103 Å². The molecule has 0 amide bonds. The molecule has 0 fully saturated rings. The van der Waals surface area contributed by atoms with Crippen LogP contribution in [0.1, 0.15) is 37.0 Å². The van der Waals surface area contributed by atoms with Gasteiger partial charge in [-0.2, -0.15) is 8.78 Å². The molecule has 0 spiro atoms. The summed E-state index contributed by atoms with van der Waals surface area (Å²) in [6, 6.07) is 28.6. The van der Waals surface area contributed by atoms with Gasteiger partial charge in [0.1, 0.15) is 17.4 Å². The van der Waals surface area contributed by atoms with Crippen molar-refractivity contribution in [2.24, 2.45) is 0 Å². The Kier molecular flexibility index (Phi) is 9.31. The number of hydrogen-bond acceptors (Lipinski definition) is 1. The standard InChI is InChI=1S/C39H30F4O/c1-3-5-6-8-28-9-13-29(14-10-28)31-17-23-36(37(40)25-31)32-18-24-35(38(41)26-32)30-15-19-33(20-16-30)39(42,43)44-34-21-11-27(7-4-2)12-22-34/h3,5,9-26H,6,8H2,1-2H3. The smallest absolute Gasteiger partial charge is 0.426 e. The summed E-state index contributed by atoms with van der Waals surface area (Å²) >= 11 is 0. The Morgan fingerprint density at radius 2 is 1.25 bits per heavy atom. The number of alkyl halides is 2. The van der Waals surface area contributed by atoms with Crippen LogP contribution in [0.15, 0.2) is 121 Å². The number of benzene rings is 5. The third-order valence-electron chi connectivity index (χ3n) is 7.27. The summed E-state index contributed by atoms with van der Waals surface area (Å²) in [7, 11) is 0. The van der Waals surface area contributed by atoms with Crippen molar-refractivity contribution in [1.82, 2.24) is 0 Å². The number of allylic oxidation sites excluding steroid dienone is 2. The summed E-state index contributed by atoms with van der Waals surface area (Å²) in [5, 5.41) is 0. The maximum atomic E-state index is 15.2. The maximum absolute atomic E-state index is 15.2. The van der Waals surface area contributed by atoms with Crippen LogP contribution in [0.5, 0.6) is 5.75 Å². The van der Waals surface area contributed by atoms with Crippen LogP contribution < -0.4 is 4.74 Å². The summed E-state index contributed by atoms with van der Waals surface area (Å²) in [5.41, 5.74) is 4.41. The summed E-state index contributed by atoms with van der Waals surface area (Å²) in [6.07, 6.45) is 2.46. The van der Waals surface area contributed by atoms with Crippen molar-refractivity contribution in [3.8, 4) is 51.0 Å². The molecule has 0 saturated heterocycles. The molecule has 5 aromatic carbocycles. The molecule has 1 nitrogen and oxygen atoms in total. The summed E-state index contributed by atoms with van der Waals surface area (Å²) in [4.78, 5) is 0. The van der Waals surface area contributed by atoms with Gasteiger partial charge in [-0.25, -0.2) is 8.78 Å². The molecule has 5 heteroatoms. The van der Waals surface area contributed by atoms with E-state index in [0.29, 0.717) is 16.7 Å². The van der Waals surface area contributed by atoms with E-state index in [9.17, 15) is 8.78 Å². The van der Waals surface area contributed by atoms with Crippen molar-refractivity contribution in [2.45, 2.75) is 32.8 Å². The minimum atomic E-state index is -3.60. The second-order valence-electron chi connectivity index (χ2n) is 10.3. The van der Waals surface area contributed by atoms with E-state index in [1.165, 1.54) is 60.2 Å². The highest BCUT2D eigenvalue weighted by Crippen LogP contribution is 2.35. The van der Waals surface area contributed by atoms with E-state index in [-0.39, 0.29) is 22.4 Å². The van der Waals surface area contributed by atoms with Gasteiger partial charge in [-0.1, -0.05) is 78.7 Å². The zero-order valence-corrected chi connectivity index (χ0v) is 24.4. The monoisotopic (exact) mass is 590 g/mol. The predicted octanol–water partition coefficient (Wildman–Crippen LogP) is 11.0. The van der Waals surface area contributed by atoms with Crippen LogP contribution in [0, 0.1) is 23.5 Å². The first-order valence-corrected chi connectivity index (χ1v) is 14.3. The second kappa shape index (κ2) is 13.5. The summed E-state index contributed by atoms with van der Waals surface area (Å²) in [6.45, 7) is 3.69. The van der Waals surface area contributed by atoms with E-state index >= 15 is 8.78 Å². The van der Waals surface area contributed by atoms with E-state index in [1.807, 2.05) is 43.3 Å². The quantitative estimate of drug-likeness (QED) is 0.0943. The Morgan fingerprint density at radius 3 is 1.86 bits per heavy atom. The zero-order valence-electron chi connectivity index (χ0n) is 24.4. The summed E-state index contributed by atoms with van der Waals surface area (Å²) < 4.78 is 65.1. The summed E-state index contributed by atoms with van der Waals surface area (Å²) in [5.74, 6) is 4.53. The fourth-order valence-electron chi connectivity index (χ4n) is 4.93. The number of halogens is 4. The highest BCUT2D eigenvalue weighted by molar-refractivity contribution is 5.74. The molecule has 0 aliphatic heterocycles. The van der Waals surface area contributed by atoms with Crippen LogP contribution in [0.2, 0.25) is 0 Å². The largest absolute Gasteiger partial charge is 0.429 e. The number of hydrogen-bond donors (Lipinski definition) is 0. The molecule has 0 aliphatic rings. The van der Waals surface area contributed by atoms with Gasteiger partial charge >= 0.3 is 6.11 Å². The second-order valence-corrected chi connectivity index (χ2v) is 10.3. The van der Waals surface area contributed by atoms with E-state index in [2.05, 4.69) is 17.9 Å². The first kappa shape index (κ1) is 30.4. The lowest BCUT2D eigenvalue weighted by Crippen LogP contribution is -2.21. The van der Waals surface area contributed by atoms with Crippen molar-refractivity contribution in [2.75, 3.05) is 0 Å².